The van der Waals surface area contributed by atoms with Gasteiger partial charge in [-0.15, -0.1) is 10.2 Å². The van der Waals surface area contributed by atoms with Gasteiger partial charge in [-0.1, -0.05) is 37.3 Å². The summed E-state index contributed by atoms with van der Waals surface area (Å²) in [4.78, 5) is 2.22. The molecule has 0 bridgehead atoms. The molecule has 0 amide bonds. The minimum absolute atomic E-state index is 0.0580. The first-order valence-corrected chi connectivity index (χ1v) is 10.2. The maximum Gasteiger partial charge on any atom is 0.227 e. The molecule has 1 aromatic carbocycles. The smallest absolute Gasteiger partial charge is 0.227 e. The van der Waals surface area contributed by atoms with Crippen molar-refractivity contribution in [1.29, 1.82) is 0 Å². The van der Waals surface area contributed by atoms with Crippen molar-refractivity contribution < 1.29 is 8.42 Å². The highest BCUT2D eigenvalue weighted by Crippen LogP contribution is 2.35. The molecule has 2 heterocycles. The van der Waals surface area contributed by atoms with E-state index in [-0.39, 0.29) is 11.2 Å². The highest BCUT2D eigenvalue weighted by Gasteiger charge is 2.34. The quantitative estimate of drug-likeness (QED) is 0.844. The largest absolute Gasteiger partial charge is 0.340 e. The molecular formula is C17H24N4O2S. The standard InChI is InChI=1S/C17H24N4O2S/c1-17(14-8-5-4-6-9-14)10-7-11-21(13-17)16-19-18-15(20(16)2)12-24(3,22)23/h4-6,8-9H,7,10-13H2,1-3H3. The van der Waals surface area contributed by atoms with Crippen molar-refractivity contribution in [3.8, 4) is 0 Å². The monoisotopic (exact) mass is 348 g/mol. The number of aromatic nitrogens is 3. The Labute approximate surface area is 143 Å². The molecule has 1 saturated heterocycles. The average molecular weight is 348 g/mol. The SMILES string of the molecule is Cn1c(CS(C)(=O)=O)nnc1N1CCCC(C)(c2ccccc2)C1. The Bertz CT molecular complexity index is 816. The van der Waals surface area contributed by atoms with Crippen molar-refractivity contribution in [2.24, 2.45) is 7.05 Å². The van der Waals surface area contributed by atoms with E-state index in [0.717, 1.165) is 31.9 Å². The van der Waals surface area contributed by atoms with Crippen LogP contribution in [0.5, 0.6) is 0 Å². The molecule has 24 heavy (non-hydrogen) atoms. The van der Waals surface area contributed by atoms with Crippen molar-refractivity contribution in [3.05, 3.63) is 41.7 Å². The lowest BCUT2D eigenvalue weighted by atomic mass is 9.76. The minimum Gasteiger partial charge on any atom is -0.340 e. The van der Waals surface area contributed by atoms with Crippen LogP contribution in [0.4, 0.5) is 5.95 Å². The Balaban J connectivity index is 1.86. The Hall–Kier alpha value is -1.89. The molecule has 1 aromatic heterocycles. The summed E-state index contributed by atoms with van der Waals surface area (Å²) >= 11 is 0. The number of anilines is 1. The molecule has 2 aromatic rings. The third kappa shape index (κ3) is 3.45. The molecule has 1 atom stereocenters. The van der Waals surface area contributed by atoms with Gasteiger partial charge in [0.15, 0.2) is 9.84 Å². The van der Waals surface area contributed by atoms with Gasteiger partial charge in [0.2, 0.25) is 5.95 Å². The molecule has 0 saturated carbocycles. The Morgan fingerprint density at radius 3 is 2.58 bits per heavy atom. The second-order valence-corrected chi connectivity index (χ2v) is 9.14. The van der Waals surface area contributed by atoms with Gasteiger partial charge in [0.25, 0.3) is 0 Å². The van der Waals surface area contributed by atoms with Gasteiger partial charge in [0.1, 0.15) is 11.6 Å². The van der Waals surface area contributed by atoms with Crippen molar-refractivity contribution in [2.45, 2.75) is 30.9 Å². The van der Waals surface area contributed by atoms with Crippen LogP contribution in [-0.2, 0) is 28.1 Å². The average Bonchev–Trinajstić information content (AvgIpc) is 2.87. The number of nitrogens with zero attached hydrogens (tertiary/aromatic N) is 4. The van der Waals surface area contributed by atoms with Crippen LogP contribution in [0.3, 0.4) is 0 Å². The fraction of sp³-hybridized carbons (Fsp3) is 0.529. The molecule has 6 nitrogen and oxygen atoms in total. The number of benzene rings is 1. The molecular weight excluding hydrogens is 324 g/mol. The van der Waals surface area contributed by atoms with E-state index < -0.39 is 9.84 Å². The maximum atomic E-state index is 11.5. The third-order valence-corrected chi connectivity index (χ3v) is 5.57. The fourth-order valence-electron chi connectivity index (χ4n) is 3.47. The van der Waals surface area contributed by atoms with E-state index >= 15 is 0 Å². The van der Waals surface area contributed by atoms with Crippen molar-refractivity contribution in [3.63, 3.8) is 0 Å². The molecule has 1 unspecified atom stereocenters. The van der Waals surface area contributed by atoms with Crippen LogP contribution in [0.25, 0.3) is 0 Å². The molecule has 0 N–H and O–H groups in total. The zero-order chi connectivity index (χ0) is 17.4. The van der Waals surface area contributed by atoms with Crippen LogP contribution in [0.1, 0.15) is 31.2 Å². The third-order valence-electron chi connectivity index (χ3n) is 4.78. The van der Waals surface area contributed by atoms with Gasteiger partial charge in [-0.3, -0.25) is 4.57 Å². The topological polar surface area (TPSA) is 68.1 Å². The summed E-state index contributed by atoms with van der Waals surface area (Å²) in [7, 11) is -1.29. The number of hydrogen-bond acceptors (Lipinski definition) is 5. The summed E-state index contributed by atoms with van der Waals surface area (Å²) in [6.07, 6.45) is 3.41. The number of piperidine rings is 1. The Kier molecular flexibility index (Phi) is 4.38. The van der Waals surface area contributed by atoms with Crippen LogP contribution in [-0.4, -0.2) is 42.5 Å². The van der Waals surface area contributed by atoms with Gasteiger partial charge in [-0.2, -0.15) is 0 Å². The lowest BCUT2D eigenvalue weighted by Gasteiger charge is -2.41. The lowest BCUT2D eigenvalue weighted by molar-refractivity contribution is 0.368. The molecule has 3 rings (SSSR count). The molecule has 7 heteroatoms. The van der Waals surface area contributed by atoms with Crippen LogP contribution < -0.4 is 4.90 Å². The highest BCUT2D eigenvalue weighted by molar-refractivity contribution is 7.89. The van der Waals surface area contributed by atoms with Gasteiger partial charge >= 0.3 is 0 Å². The lowest BCUT2D eigenvalue weighted by Crippen LogP contribution is -2.45. The number of sulfone groups is 1. The van der Waals surface area contributed by atoms with Gasteiger partial charge in [-0.25, -0.2) is 8.42 Å². The van der Waals surface area contributed by atoms with Crippen LogP contribution >= 0.6 is 0 Å². The van der Waals surface area contributed by atoms with E-state index in [1.165, 1.54) is 11.8 Å². The Morgan fingerprint density at radius 2 is 1.92 bits per heavy atom. The van der Waals surface area contributed by atoms with Gasteiger partial charge in [0, 0.05) is 31.8 Å². The maximum absolute atomic E-state index is 11.5. The second kappa shape index (κ2) is 6.20. The van der Waals surface area contributed by atoms with E-state index in [9.17, 15) is 8.42 Å². The molecule has 0 aliphatic carbocycles. The number of rotatable bonds is 4. The first kappa shape index (κ1) is 17.0. The summed E-state index contributed by atoms with van der Waals surface area (Å²) in [5.41, 5.74) is 1.39. The first-order chi connectivity index (χ1) is 11.3. The van der Waals surface area contributed by atoms with Crippen molar-refractivity contribution in [1.82, 2.24) is 14.8 Å². The summed E-state index contributed by atoms with van der Waals surface area (Å²) < 4.78 is 24.9. The van der Waals surface area contributed by atoms with E-state index in [4.69, 9.17) is 0 Å². The zero-order valence-electron chi connectivity index (χ0n) is 14.4. The summed E-state index contributed by atoms with van der Waals surface area (Å²) in [6.45, 7) is 4.04. The molecule has 130 valence electrons. The van der Waals surface area contributed by atoms with Crippen molar-refractivity contribution in [2.75, 3.05) is 24.2 Å². The predicted octanol–water partition coefficient (Wildman–Crippen LogP) is 1.92. The molecule has 1 fully saturated rings. The summed E-state index contributed by atoms with van der Waals surface area (Å²) in [5, 5.41) is 8.35. The Morgan fingerprint density at radius 1 is 1.21 bits per heavy atom. The van der Waals surface area contributed by atoms with E-state index in [1.807, 2.05) is 13.1 Å². The number of hydrogen-bond donors (Lipinski definition) is 0. The second-order valence-electron chi connectivity index (χ2n) is 7.00. The van der Waals surface area contributed by atoms with Gasteiger partial charge in [-0.05, 0) is 18.4 Å². The first-order valence-electron chi connectivity index (χ1n) is 8.15. The van der Waals surface area contributed by atoms with Crippen LogP contribution in [0.15, 0.2) is 30.3 Å². The molecule has 0 radical (unpaired) electrons. The van der Waals surface area contributed by atoms with Gasteiger partial charge in [0.05, 0.1) is 0 Å². The van der Waals surface area contributed by atoms with Crippen LogP contribution in [0, 0.1) is 0 Å². The predicted molar refractivity (Wildman–Crippen MR) is 94.8 cm³/mol. The van der Waals surface area contributed by atoms with E-state index in [2.05, 4.69) is 46.3 Å². The molecule has 1 aliphatic rings. The summed E-state index contributed by atoms with van der Waals surface area (Å²) in [6, 6.07) is 10.5. The van der Waals surface area contributed by atoms with Crippen LogP contribution in [0.2, 0.25) is 0 Å². The summed E-state index contributed by atoms with van der Waals surface area (Å²) in [5.74, 6) is 1.15. The van der Waals surface area contributed by atoms with Crippen molar-refractivity contribution >= 4 is 15.8 Å². The minimum atomic E-state index is -3.12. The normalized spacial score (nSPS) is 21.9. The molecule has 1 aliphatic heterocycles. The molecule has 0 spiro atoms. The highest BCUT2D eigenvalue weighted by atomic mass is 32.2. The van der Waals surface area contributed by atoms with Gasteiger partial charge < -0.3 is 4.90 Å². The van der Waals surface area contributed by atoms with E-state index in [0.29, 0.717) is 5.82 Å². The van der Waals surface area contributed by atoms with E-state index in [1.54, 1.807) is 4.57 Å². The zero-order valence-corrected chi connectivity index (χ0v) is 15.3. The fourth-order valence-corrected chi connectivity index (χ4v) is 4.19.